The highest BCUT2D eigenvalue weighted by Crippen LogP contribution is 2.38. The molecule has 0 radical (unpaired) electrons. The van der Waals surface area contributed by atoms with Gasteiger partial charge in [0.25, 0.3) is 0 Å². The highest BCUT2D eigenvalue weighted by atomic mass is 16.7. The molecule has 1 saturated heterocycles. The summed E-state index contributed by atoms with van der Waals surface area (Å²) >= 11 is 0. The van der Waals surface area contributed by atoms with Gasteiger partial charge in [0.15, 0.2) is 6.29 Å². The zero-order valence-electron chi connectivity index (χ0n) is 24.9. The van der Waals surface area contributed by atoms with Gasteiger partial charge >= 0.3 is 6.09 Å². The van der Waals surface area contributed by atoms with Crippen LogP contribution in [0.1, 0.15) is 52.2 Å². The van der Waals surface area contributed by atoms with Crippen molar-refractivity contribution in [2.24, 2.45) is 0 Å². The van der Waals surface area contributed by atoms with Gasteiger partial charge in [-0.1, -0.05) is 122 Å². The summed E-state index contributed by atoms with van der Waals surface area (Å²) in [5.41, 5.74) is 6.26. The van der Waals surface area contributed by atoms with Crippen LogP contribution >= 0.6 is 0 Å². The Morgan fingerprint density at radius 2 is 1.41 bits per heavy atom. The smallest absolute Gasteiger partial charge is 0.407 e. The first-order valence-corrected chi connectivity index (χ1v) is 15.0. The fourth-order valence-electron chi connectivity index (χ4n) is 5.34. The Kier molecular flexibility index (Phi) is 11.3. The average Bonchev–Trinajstić information content (AvgIpc) is 3.07. The van der Waals surface area contributed by atoms with Gasteiger partial charge in [-0.2, -0.15) is 0 Å². The predicted molar refractivity (Wildman–Crippen MR) is 170 cm³/mol. The minimum atomic E-state index is -0.564. The number of hydrogen-bond acceptors (Lipinski definition) is 6. The van der Waals surface area contributed by atoms with Gasteiger partial charge in [0.05, 0.1) is 18.8 Å². The number of rotatable bonds is 13. The maximum Gasteiger partial charge on any atom is 0.407 e. The molecule has 4 aromatic carbocycles. The molecule has 1 aliphatic heterocycles. The third-order valence-corrected chi connectivity index (χ3v) is 7.60. The second kappa shape index (κ2) is 16.0. The van der Waals surface area contributed by atoms with Crippen LogP contribution in [-0.2, 0) is 40.5 Å². The third kappa shape index (κ3) is 9.11. The molecule has 2 N–H and O–H groups in total. The summed E-state index contributed by atoms with van der Waals surface area (Å²) in [6.07, 6.45) is 0.909. The highest BCUT2D eigenvalue weighted by Gasteiger charge is 2.33. The van der Waals surface area contributed by atoms with Crippen molar-refractivity contribution in [3.05, 3.63) is 155 Å². The van der Waals surface area contributed by atoms with E-state index in [4.69, 9.17) is 14.2 Å². The quantitative estimate of drug-likeness (QED) is 0.166. The van der Waals surface area contributed by atoms with Crippen LogP contribution in [0.4, 0.5) is 4.79 Å². The lowest BCUT2D eigenvalue weighted by Gasteiger charge is -2.38. The zero-order chi connectivity index (χ0) is 30.6. The summed E-state index contributed by atoms with van der Waals surface area (Å²) in [6.45, 7) is 6.39. The average molecular weight is 593 g/mol. The molecule has 0 unspecified atom stereocenters. The Balaban J connectivity index is 1.34. The number of benzene rings is 4. The maximum atomic E-state index is 11.8. The van der Waals surface area contributed by atoms with E-state index in [1.807, 2.05) is 60.7 Å². The third-order valence-electron chi connectivity index (χ3n) is 7.60. The van der Waals surface area contributed by atoms with Crippen LogP contribution in [0.15, 0.2) is 122 Å². The monoisotopic (exact) mass is 592 g/mol. The van der Waals surface area contributed by atoms with Crippen LogP contribution in [0.5, 0.6) is 0 Å². The molecule has 1 fully saturated rings. The Labute approximate surface area is 259 Å². The first-order valence-electron chi connectivity index (χ1n) is 15.0. The number of carbonyl (C=O) groups excluding carboxylic acids is 1. The molecule has 5 rings (SSSR count). The van der Waals surface area contributed by atoms with Gasteiger partial charge in [-0.15, -0.1) is 0 Å². The lowest BCUT2D eigenvalue weighted by molar-refractivity contribution is -0.253. The highest BCUT2D eigenvalue weighted by molar-refractivity contribution is 5.67. The van der Waals surface area contributed by atoms with Crippen molar-refractivity contribution < 1.29 is 24.1 Å². The molecule has 1 aliphatic rings. The molecular formula is C37H40N2O5. The number of alkyl carbamates (subject to hydrolysis) is 1. The van der Waals surface area contributed by atoms with Crippen molar-refractivity contribution in [2.45, 2.75) is 51.2 Å². The molecule has 1 heterocycles. The van der Waals surface area contributed by atoms with E-state index in [1.54, 1.807) is 0 Å². The molecule has 228 valence electrons. The van der Waals surface area contributed by atoms with Gasteiger partial charge in [-0.25, -0.2) is 4.79 Å². The molecule has 0 aromatic heterocycles. The second-order valence-electron chi connectivity index (χ2n) is 11.0. The van der Waals surface area contributed by atoms with Crippen molar-refractivity contribution in [1.82, 2.24) is 10.2 Å². The topological polar surface area (TPSA) is 80.3 Å². The molecule has 0 spiro atoms. The van der Waals surface area contributed by atoms with Crippen molar-refractivity contribution >= 4 is 6.09 Å². The number of aliphatic hydroxyl groups excluding tert-OH is 1. The lowest BCUT2D eigenvalue weighted by atomic mass is 9.99. The molecule has 0 saturated carbocycles. The molecule has 44 heavy (non-hydrogen) atoms. The van der Waals surface area contributed by atoms with Crippen LogP contribution in [0.2, 0.25) is 0 Å². The van der Waals surface area contributed by atoms with E-state index in [2.05, 4.69) is 65.3 Å². The fraction of sp³-hybridized carbons (Fsp3) is 0.270. The summed E-state index contributed by atoms with van der Waals surface area (Å²) in [7, 11) is 0. The molecule has 7 heteroatoms. The van der Waals surface area contributed by atoms with Gasteiger partial charge in [0, 0.05) is 38.2 Å². The number of nitrogens with zero attached hydrogens (tertiary/aromatic N) is 1. The van der Waals surface area contributed by atoms with Crippen molar-refractivity contribution in [2.75, 3.05) is 13.2 Å². The molecule has 1 amide bonds. The van der Waals surface area contributed by atoms with Crippen LogP contribution in [0, 0.1) is 0 Å². The second-order valence-corrected chi connectivity index (χ2v) is 11.0. The van der Waals surface area contributed by atoms with E-state index in [0.717, 1.165) is 41.9 Å². The van der Waals surface area contributed by atoms with Crippen molar-refractivity contribution in [1.29, 1.82) is 0 Å². The van der Waals surface area contributed by atoms with Crippen molar-refractivity contribution in [3.8, 4) is 0 Å². The molecule has 0 aliphatic carbocycles. The minimum Gasteiger partial charge on any atom is -0.445 e. The van der Waals surface area contributed by atoms with Crippen LogP contribution in [-0.4, -0.2) is 35.4 Å². The molecule has 7 nitrogen and oxygen atoms in total. The normalized spacial score (nSPS) is 18.1. The van der Waals surface area contributed by atoms with Gasteiger partial charge in [-0.05, 0) is 27.8 Å². The Morgan fingerprint density at radius 3 is 2.00 bits per heavy atom. The van der Waals surface area contributed by atoms with E-state index in [1.165, 1.54) is 17.2 Å². The number of hydrogen-bond donors (Lipinski definition) is 2. The fourth-order valence-corrected chi connectivity index (χ4v) is 5.34. The van der Waals surface area contributed by atoms with E-state index in [9.17, 15) is 9.90 Å². The van der Waals surface area contributed by atoms with E-state index in [0.29, 0.717) is 13.0 Å². The van der Waals surface area contributed by atoms with Gasteiger partial charge in [0.1, 0.15) is 6.61 Å². The van der Waals surface area contributed by atoms with Crippen molar-refractivity contribution in [3.63, 3.8) is 0 Å². The number of aliphatic hydroxyl groups is 1. The number of amides is 1. The standard InChI is InChI=1S/C37H40N2O5/c1-2-21-42-37(41)38-23-28-13-19-33(20-14-28)36-43-34(22-35(44-36)32-17-15-31(27-40)16-18-32)26-39(24-29-9-5-3-6-10-29)25-30-11-7-4-8-12-30/h2-20,34-36,40H,1,21-27H2,(H,38,41)/t34-,35+,36+/m0/s1. The predicted octanol–water partition coefficient (Wildman–Crippen LogP) is 6.84. The molecule has 4 aromatic rings. The lowest BCUT2D eigenvalue weighted by Crippen LogP contribution is -2.39. The van der Waals surface area contributed by atoms with Gasteiger partial charge < -0.3 is 24.6 Å². The van der Waals surface area contributed by atoms with E-state index < -0.39 is 12.4 Å². The molecule has 0 bridgehead atoms. The van der Waals surface area contributed by atoms with Crippen LogP contribution in [0.3, 0.4) is 0 Å². The van der Waals surface area contributed by atoms with Crippen LogP contribution < -0.4 is 5.32 Å². The van der Waals surface area contributed by atoms with Crippen LogP contribution in [0.25, 0.3) is 0 Å². The largest absolute Gasteiger partial charge is 0.445 e. The van der Waals surface area contributed by atoms with E-state index in [-0.39, 0.29) is 25.4 Å². The number of nitrogens with one attached hydrogen (secondary N) is 1. The molecular weight excluding hydrogens is 552 g/mol. The number of ether oxygens (including phenoxy) is 3. The Bertz CT molecular complexity index is 1400. The summed E-state index contributed by atoms with van der Waals surface area (Å²) < 4.78 is 18.2. The summed E-state index contributed by atoms with van der Waals surface area (Å²) in [5.74, 6) is 0. The van der Waals surface area contributed by atoms with Gasteiger partial charge in [0.2, 0.25) is 0 Å². The summed E-state index contributed by atoms with van der Waals surface area (Å²) in [4.78, 5) is 14.3. The Morgan fingerprint density at radius 1 is 0.818 bits per heavy atom. The summed E-state index contributed by atoms with van der Waals surface area (Å²) in [6, 6.07) is 36.9. The maximum absolute atomic E-state index is 11.8. The zero-order valence-corrected chi connectivity index (χ0v) is 24.9. The first kappa shape index (κ1) is 31.2. The number of carbonyl (C=O) groups is 1. The minimum absolute atomic E-state index is 0.00127. The SMILES string of the molecule is C=CCOC(=O)NCc1ccc([C@@H]2O[C@H](CN(Cc3ccccc3)Cc3ccccc3)C[C@H](c3ccc(CO)cc3)O2)cc1. The Hall–Kier alpha value is -4.27. The molecule has 3 atom stereocenters. The first-order chi connectivity index (χ1) is 21.6. The van der Waals surface area contributed by atoms with Gasteiger partial charge in [-0.3, -0.25) is 4.90 Å². The van der Waals surface area contributed by atoms with E-state index >= 15 is 0 Å². The summed E-state index contributed by atoms with van der Waals surface area (Å²) in [5, 5.41) is 12.3.